The summed E-state index contributed by atoms with van der Waals surface area (Å²) in [7, 11) is 1.82. The molecule has 0 spiro atoms. The second-order valence-corrected chi connectivity index (χ2v) is 6.18. The van der Waals surface area contributed by atoms with E-state index in [1.54, 1.807) is 4.90 Å². The maximum Gasteiger partial charge on any atom is 0.226 e. The van der Waals surface area contributed by atoms with E-state index in [1.165, 1.54) is 5.56 Å². The van der Waals surface area contributed by atoms with Crippen LogP contribution in [0.3, 0.4) is 0 Å². The quantitative estimate of drug-likeness (QED) is 0.901. The number of carbonyl (C=O) groups is 1. The number of nitrogens with two attached hydrogens (primary N) is 1. The number of benzene rings is 1. The smallest absolute Gasteiger partial charge is 0.226 e. The standard InChI is InChI=1S/C18H26N4O.ClH/c1-12-8-6-7-9-17(12)22-15(4)16(14(3)20-22)11-21(5)18(23)13(2)10-19;/h6-9,13H,10-11,19H2,1-5H3;1H. The molecule has 2 aromatic rings. The highest BCUT2D eigenvalue weighted by Crippen LogP contribution is 2.21. The summed E-state index contributed by atoms with van der Waals surface area (Å²) in [6.07, 6.45) is 0. The lowest BCUT2D eigenvalue weighted by molar-refractivity contribution is -0.133. The van der Waals surface area contributed by atoms with E-state index in [-0.39, 0.29) is 24.2 Å². The number of halogens is 1. The zero-order valence-electron chi connectivity index (χ0n) is 15.0. The fourth-order valence-electron chi connectivity index (χ4n) is 2.73. The number of aromatic nitrogens is 2. The summed E-state index contributed by atoms with van der Waals surface area (Å²) in [6, 6.07) is 8.16. The van der Waals surface area contributed by atoms with Crippen LogP contribution in [-0.2, 0) is 11.3 Å². The molecule has 1 amide bonds. The summed E-state index contributed by atoms with van der Waals surface area (Å²) in [5, 5.41) is 4.67. The van der Waals surface area contributed by atoms with Gasteiger partial charge in [0.2, 0.25) is 5.91 Å². The first-order valence-corrected chi connectivity index (χ1v) is 7.93. The van der Waals surface area contributed by atoms with Crippen LogP contribution in [0.25, 0.3) is 5.69 Å². The van der Waals surface area contributed by atoms with Crippen molar-refractivity contribution in [2.24, 2.45) is 11.7 Å². The molecule has 0 radical (unpaired) electrons. The van der Waals surface area contributed by atoms with Crippen LogP contribution >= 0.6 is 12.4 Å². The molecule has 1 atom stereocenters. The lowest BCUT2D eigenvalue weighted by Crippen LogP contribution is -2.34. The predicted molar refractivity (Wildman–Crippen MR) is 99.7 cm³/mol. The lowest BCUT2D eigenvalue weighted by atomic mass is 10.1. The van der Waals surface area contributed by atoms with Crippen molar-refractivity contribution in [3.63, 3.8) is 0 Å². The van der Waals surface area contributed by atoms with Crippen molar-refractivity contribution in [2.45, 2.75) is 34.2 Å². The van der Waals surface area contributed by atoms with E-state index in [0.717, 1.165) is 22.6 Å². The average Bonchev–Trinajstić information content (AvgIpc) is 2.81. The van der Waals surface area contributed by atoms with Crippen LogP contribution in [0.1, 0.15) is 29.4 Å². The van der Waals surface area contributed by atoms with Crippen molar-refractivity contribution in [1.82, 2.24) is 14.7 Å². The molecular formula is C18H27ClN4O. The number of nitrogens with zero attached hydrogens (tertiary/aromatic N) is 3. The Kier molecular flexibility index (Phi) is 6.99. The van der Waals surface area contributed by atoms with Crippen molar-refractivity contribution in [3.8, 4) is 5.69 Å². The van der Waals surface area contributed by atoms with Crippen LogP contribution in [0, 0.1) is 26.7 Å². The van der Waals surface area contributed by atoms with Gasteiger partial charge < -0.3 is 10.6 Å². The molecule has 132 valence electrons. The fraction of sp³-hybridized carbons (Fsp3) is 0.444. The highest BCUT2D eigenvalue weighted by atomic mass is 35.5. The predicted octanol–water partition coefficient (Wildman–Crippen LogP) is 2.77. The van der Waals surface area contributed by atoms with Crippen LogP contribution in [0.5, 0.6) is 0 Å². The second kappa shape index (κ2) is 8.31. The topological polar surface area (TPSA) is 64.2 Å². The molecule has 0 aliphatic heterocycles. The minimum atomic E-state index is -0.160. The number of rotatable bonds is 5. The van der Waals surface area contributed by atoms with Gasteiger partial charge >= 0.3 is 0 Å². The molecule has 5 nitrogen and oxygen atoms in total. The summed E-state index contributed by atoms with van der Waals surface area (Å²) >= 11 is 0. The van der Waals surface area contributed by atoms with Crippen molar-refractivity contribution >= 4 is 18.3 Å². The molecule has 1 unspecified atom stereocenters. The number of hydrogen-bond donors (Lipinski definition) is 1. The van der Waals surface area contributed by atoms with Crippen LogP contribution in [0.2, 0.25) is 0 Å². The van der Waals surface area contributed by atoms with Crippen LogP contribution in [0.4, 0.5) is 0 Å². The summed E-state index contributed by atoms with van der Waals surface area (Å²) in [6.45, 7) is 8.88. The number of aryl methyl sites for hydroxylation is 2. The molecule has 1 aromatic carbocycles. The Hall–Kier alpha value is -1.85. The molecule has 0 fully saturated rings. The lowest BCUT2D eigenvalue weighted by Gasteiger charge is -2.21. The molecule has 0 aliphatic rings. The van der Waals surface area contributed by atoms with Gasteiger partial charge in [-0.25, -0.2) is 4.68 Å². The van der Waals surface area contributed by atoms with Gasteiger partial charge in [-0.15, -0.1) is 12.4 Å². The molecule has 2 rings (SSSR count). The van der Waals surface area contributed by atoms with Crippen molar-refractivity contribution in [3.05, 3.63) is 46.8 Å². The number of carbonyl (C=O) groups excluding carboxylic acids is 1. The molecule has 24 heavy (non-hydrogen) atoms. The van der Waals surface area contributed by atoms with Gasteiger partial charge in [0, 0.05) is 37.3 Å². The summed E-state index contributed by atoms with van der Waals surface area (Å²) in [5.74, 6) is -0.0954. The van der Waals surface area contributed by atoms with Gasteiger partial charge in [-0.3, -0.25) is 4.79 Å². The van der Waals surface area contributed by atoms with E-state index in [2.05, 4.69) is 24.2 Å². The minimum Gasteiger partial charge on any atom is -0.341 e. The third-order valence-corrected chi connectivity index (χ3v) is 4.33. The Morgan fingerprint density at radius 3 is 2.50 bits per heavy atom. The normalized spacial score (nSPS) is 11.8. The van der Waals surface area contributed by atoms with E-state index >= 15 is 0 Å². The van der Waals surface area contributed by atoms with Gasteiger partial charge in [0.15, 0.2) is 0 Å². The van der Waals surface area contributed by atoms with E-state index in [1.807, 2.05) is 44.6 Å². The van der Waals surface area contributed by atoms with Crippen LogP contribution in [0.15, 0.2) is 24.3 Å². The monoisotopic (exact) mass is 350 g/mol. The van der Waals surface area contributed by atoms with Gasteiger partial charge in [-0.1, -0.05) is 25.1 Å². The Morgan fingerprint density at radius 2 is 1.92 bits per heavy atom. The number of para-hydroxylation sites is 1. The number of hydrogen-bond acceptors (Lipinski definition) is 3. The van der Waals surface area contributed by atoms with E-state index in [4.69, 9.17) is 5.73 Å². The molecule has 0 saturated heterocycles. The Morgan fingerprint density at radius 1 is 1.29 bits per heavy atom. The highest BCUT2D eigenvalue weighted by molar-refractivity contribution is 5.85. The largest absolute Gasteiger partial charge is 0.341 e. The summed E-state index contributed by atoms with van der Waals surface area (Å²) in [5.41, 5.74) is 10.9. The molecule has 1 aromatic heterocycles. The first-order chi connectivity index (χ1) is 10.9. The number of amides is 1. The first kappa shape index (κ1) is 20.2. The molecular weight excluding hydrogens is 324 g/mol. The minimum absolute atomic E-state index is 0. The molecule has 0 saturated carbocycles. The van der Waals surface area contributed by atoms with Gasteiger partial charge in [-0.2, -0.15) is 5.10 Å². The molecule has 0 aliphatic carbocycles. The van der Waals surface area contributed by atoms with Crippen LogP contribution < -0.4 is 5.73 Å². The van der Waals surface area contributed by atoms with Crippen molar-refractivity contribution in [2.75, 3.05) is 13.6 Å². The third-order valence-electron chi connectivity index (χ3n) is 4.33. The van der Waals surface area contributed by atoms with Crippen molar-refractivity contribution < 1.29 is 4.79 Å². The Balaban J connectivity index is 0.00000288. The van der Waals surface area contributed by atoms with E-state index in [9.17, 15) is 4.79 Å². The molecule has 1 heterocycles. The summed E-state index contributed by atoms with van der Waals surface area (Å²) in [4.78, 5) is 14.0. The first-order valence-electron chi connectivity index (χ1n) is 7.93. The Bertz CT molecular complexity index is 711. The third kappa shape index (κ3) is 3.97. The molecule has 0 bridgehead atoms. The van der Waals surface area contributed by atoms with E-state index in [0.29, 0.717) is 13.1 Å². The maximum atomic E-state index is 12.3. The molecule has 2 N–H and O–H groups in total. The summed E-state index contributed by atoms with van der Waals surface area (Å²) < 4.78 is 1.96. The zero-order valence-corrected chi connectivity index (χ0v) is 15.9. The molecule has 6 heteroatoms. The fourth-order valence-corrected chi connectivity index (χ4v) is 2.73. The zero-order chi connectivity index (χ0) is 17.1. The van der Waals surface area contributed by atoms with Gasteiger partial charge in [0.05, 0.1) is 11.4 Å². The average molecular weight is 351 g/mol. The van der Waals surface area contributed by atoms with Gasteiger partial charge in [0.25, 0.3) is 0 Å². The van der Waals surface area contributed by atoms with Gasteiger partial charge in [-0.05, 0) is 32.4 Å². The van der Waals surface area contributed by atoms with Crippen LogP contribution in [-0.4, -0.2) is 34.2 Å². The SMILES string of the molecule is Cc1ccccc1-n1nc(C)c(CN(C)C(=O)C(C)CN)c1C.Cl. The Labute approximate surface area is 150 Å². The van der Waals surface area contributed by atoms with Gasteiger partial charge in [0.1, 0.15) is 0 Å². The highest BCUT2D eigenvalue weighted by Gasteiger charge is 2.20. The maximum absolute atomic E-state index is 12.3. The second-order valence-electron chi connectivity index (χ2n) is 6.18. The van der Waals surface area contributed by atoms with E-state index < -0.39 is 0 Å². The van der Waals surface area contributed by atoms with Crippen molar-refractivity contribution in [1.29, 1.82) is 0 Å².